The molecule has 1 aliphatic heterocycles. The van der Waals surface area contributed by atoms with Gasteiger partial charge in [-0.2, -0.15) is 0 Å². The lowest BCUT2D eigenvalue weighted by molar-refractivity contribution is 0.171. The van der Waals surface area contributed by atoms with Crippen LogP contribution in [0.25, 0.3) is 0 Å². The summed E-state index contributed by atoms with van der Waals surface area (Å²) in [5, 5.41) is 1.57. The molecule has 0 amide bonds. The number of hydrogen-bond acceptors (Lipinski definition) is 3. The van der Waals surface area contributed by atoms with Crippen molar-refractivity contribution in [3.8, 4) is 11.5 Å². The first-order chi connectivity index (χ1) is 10.1. The van der Waals surface area contributed by atoms with Gasteiger partial charge in [-0.15, -0.1) is 0 Å². The van der Waals surface area contributed by atoms with Crippen LogP contribution in [0, 0.1) is 0 Å². The lowest BCUT2D eigenvalue weighted by Gasteiger charge is -2.22. The molecule has 1 heterocycles. The van der Waals surface area contributed by atoms with Gasteiger partial charge >= 0.3 is 0 Å². The average Bonchev–Trinajstić information content (AvgIpc) is 2.46. The molecule has 2 aromatic rings. The second kappa shape index (κ2) is 5.93. The lowest BCUT2D eigenvalue weighted by atomic mass is 9.99. The third kappa shape index (κ3) is 2.92. The summed E-state index contributed by atoms with van der Waals surface area (Å²) in [6, 6.07) is 8.24. The minimum atomic E-state index is -0.474. The number of fused-ring (bicyclic) bond motifs is 1. The molecule has 2 aromatic carbocycles. The van der Waals surface area contributed by atoms with Crippen LogP contribution in [0.15, 0.2) is 30.3 Å². The van der Waals surface area contributed by atoms with Crippen LogP contribution < -0.4 is 15.2 Å². The first kappa shape index (κ1) is 14.8. The molecule has 0 fully saturated rings. The highest BCUT2D eigenvalue weighted by Crippen LogP contribution is 2.39. The van der Waals surface area contributed by atoms with Crippen molar-refractivity contribution in [3.05, 3.63) is 56.5 Å². The lowest BCUT2D eigenvalue weighted by Crippen LogP contribution is -2.17. The van der Waals surface area contributed by atoms with Crippen molar-refractivity contribution in [2.75, 3.05) is 13.2 Å². The summed E-state index contributed by atoms with van der Waals surface area (Å²) in [6.07, 6.45) is 0. The molecule has 0 saturated carbocycles. The number of rotatable bonds is 2. The summed E-state index contributed by atoms with van der Waals surface area (Å²) in [4.78, 5) is 0. The zero-order chi connectivity index (χ0) is 15.0. The van der Waals surface area contributed by atoms with Gasteiger partial charge in [0.25, 0.3) is 0 Å². The zero-order valence-electron chi connectivity index (χ0n) is 10.9. The first-order valence-electron chi connectivity index (χ1n) is 6.36. The van der Waals surface area contributed by atoms with Gasteiger partial charge in [0.05, 0.1) is 6.04 Å². The molecule has 1 aliphatic rings. The Kier molecular flexibility index (Phi) is 4.18. The summed E-state index contributed by atoms with van der Waals surface area (Å²) >= 11 is 18.4. The Hall–Kier alpha value is -1.13. The van der Waals surface area contributed by atoms with E-state index in [0.717, 1.165) is 11.1 Å². The smallest absolute Gasteiger partial charge is 0.162 e. The second-order valence-corrected chi connectivity index (χ2v) is 5.91. The summed E-state index contributed by atoms with van der Waals surface area (Å²) in [7, 11) is 0. The van der Waals surface area contributed by atoms with E-state index < -0.39 is 6.04 Å². The van der Waals surface area contributed by atoms with Crippen LogP contribution in [0.4, 0.5) is 0 Å². The van der Waals surface area contributed by atoms with Gasteiger partial charge in [-0.25, -0.2) is 0 Å². The molecule has 3 rings (SSSR count). The molecule has 0 aliphatic carbocycles. The maximum Gasteiger partial charge on any atom is 0.162 e. The Bertz CT molecular complexity index is 691. The number of halogens is 3. The molecule has 110 valence electrons. The summed E-state index contributed by atoms with van der Waals surface area (Å²) in [5.41, 5.74) is 7.77. The third-order valence-electron chi connectivity index (χ3n) is 3.29. The van der Waals surface area contributed by atoms with Gasteiger partial charge in [-0.3, -0.25) is 0 Å². The monoisotopic (exact) mass is 343 g/mol. The van der Waals surface area contributed by atoms with Gasteiger partial charge in [0, 0.05) is 21.1 Å². The average molecular weight is 345 g/mol. The molecule has 1 unspecified atom stereocenters. The normalized spacial score (nSPS) is 14.9. The van der Waals surface area contributed by atoms with Gasteiger partial charge in [0.15, 0.2) is 11.5 Å². The van der Waals surface area contributed by atoms with E-state index in [1.807, 2.05) is 0 Å². The van der Waals surface area contributed by atoms with Gasteiger partial charge in [0.2, 0.25) is 0 Å². The van der Waals surface area contributed by atoms with Crippen molar-refractivity contribution in [2.45, 2.75) is 6.04 Å². The minimum Gasteiger partial charge on any atom is -0.486 e. The van der Waals surface area contributed by atoms with E-state index in [0.29, 0.717) is 39.8 Å². The van der Waals surface area contributed by atoms with Crippen molar-refractivity contribution >= 4 is 34.8 Å². The predicted octanol–water partition coefficient (Wildman–Crippen LogP) is 4.47. The highest BCUT2D eigenvalue weighted by molar-refractivity contribution is 6.35. The quantitative estimate of drug-likeness (QED) is 0.874. The van der Waals surface area contributed by atoms with E-state index in [1.54, 1.807) is 30.3 Å². The maximum atomic E-state index is 6.30. The molecule has 0 saturated heterocycles. The van der Waals surface area contributed by atoms with Crippen molar-refractivity contribution in [1.82, 2.24) is 0 Å². The molecule has 0 radical (unpaired) electrons. The molecule has 0 spiro atoms. The summed E-state index contributed by atoms with van der Waals surface area (Å²) in [5.74, 6) is 1.27. The SMILES string of the molecule is NC(c1ccc(Cl)cc1Cl)c1cc2c(cc1Cl)OCCO2. The van der Waals surface area contributed by atoms with E-state index in [2.05, 4.69) is 0 Å². The van der Waals surface area contributed by atoms with Gasteiger partial charge in [-0.05, 0) is 29.3 Å². The number of benzene rings is 2. The van der Waals surface area contributed by atoms with E-state index in [-0.39, 0.29) is 0 Å². The minimum absolute atomic E-state index is 0.474. The largest absolute Gasteiger partial charge is 0.486 e. The Morgan fingerprint density at radius 3 is 2.14 bits per heavy atom. The van der Waals surface area contributed by atoms with Crippen LogP contribution in [0.2, 0.25) is 15.1 Å². The number of ether oxygens (including phenoxy) is 2. The van der Waals surface area contributed by atoms with Crippen molar-refractivity contribution in [3.63, 3.8) is 0 Å². The third-order valence-corrected chi connectivity index (χ3v) is 4.18. The second-order valence-electron chi connectivity index (χ2n) is 4.66. The summed E-state index contributed by atoms with van der Waals surface area (Å²) < 4.78 is 11.1. The maximum absolute atomic E-state index is 6.30. The van der Waals surface area contributed by atoms with Gasteiger partial charge in [0.1, 0.15) is 13.2 Å². The van der Waals surface area contributed by atoms with E-state index >= 15 is 0 Å². The molecular formula is C15H12Cl3NO2. The fourth-order valence-electron chi connectivity index (χ4n) is 2.24. The van der Waals surface area contributed by atoms with Crippen LogP contribution >= 0.6 is 34.8 Å². The van der Waals surface area contributed by atoms with Crippen LogP contribution in [-0.2, 0) is 0 Å². The van der Waals surface area contributed by atoms with E-state index in [9.17, 15) is 0 Å². The van der Waals surface area contributed by atoms with Gasteiger partial charge < -0.3 is 15.2 Å². The predicted molar refractivity (Wildman–Crippen MR) is 84.9 cm³/mol. The van der Waals surface area contributed by atoms with Crippen molar-refractivity contribution in [1.29, 1.82) is 0 Å². The first-order valence-corrected chi connectivity index (χ1v) is 7.49. The Morgan fingerprint density at radius 2 is 1.48 bits per heavy atom. The van der Waals surface area contributed by atoms with Crippen LogP contribution in [0.3, 0.4) is 0 Å². The molecule has 3 nitrogen and oxygen atoms in total. The molecule has 21 heavy (non-hydrogen) atoms. The van der Waals surface area contributed by atoms with Crippen molar-refractivity contribution in [2.24, 2.45) is 5.73 Å². The Balaban J connectivity index is 2.03. The van der Waals surface area contributed by atoms with E-state index in [1.165, 1.54) is 0 Å². The molecule has 2 N–H and O–H groups in total. The fourth-order valence-corrected chi connectivity index (χ4v) is 3.04. The molecular weight excluding hydrogens is 333 g/mol. The molecule has 1 atom stereocenters. The highest BCUT2D eigenvalue weighted by Gasteiger charge is 2.21. The van der Waals surface area contributed by atoms with Crippen LogP contribution in [-0.4, -0.2) is 13.2 Å². The molecule has 6 heteroatoms. The zero-order valence-corrected chi connectivity index (χ0v) is 13.2. The fraction of sp³-hybridized carbons (Fsp3) is 0.200. The Labute approximate surface area is 137 Å². The number of nitrogens with two attached hydrogens (primary N) is 1. The van der Waals surface area contributed by atoms with E-state index in [4.69, 9.17) is 50.0 Å². The molecule has 0 bridgehead atoms. The van der Waals surface area contributed by atoms with Gasteiger partial charge in [-0.1, -0.05) is 40.9 Å². The Morgan fingerprint density at radius 1 is 0.857 bits per heavy atom. The van der Waals surface area contributed by atoms with Crippen LogP contribution in [0.5, 0.6) is 11.5 Å². The molecule has 0 aromatic heterocycles. The number of hydrogen-bond donors (Lipinski definition) is 1. The van der Waals surface area contributed by atoms with Crippen LogP contribution in [0.1, 0.15) is 17.2 Å². The topological polar surface area (TPSA) is 44.5 Å². The summed E-state index contributed by atoms with van der Waals surface area (Å²) in [6.45, 7) is 1.02. The van der Waals surface area contributed by atoms with Crippen molar-refractivity contribution < 1.29 is 9.47 Å². The standard InChI is InChI=1S/C15H12Cl3NO2/c16-8-1-2-9(11(17)5-8)15(19)10-6-13-14(7-12(10)18)21-4-3-20-13/h1-2,5-7,15H,3-4,19H2. The highest BCUT2D eigenvalue weighted by atomic mass is 35.5.